The van der Waals surface area contributed by atoms with Crippen LogP contribution in [0.2, 0.25) is 0 Å². The van der Waals surface area contributed by atoms with E-state index in [1.807, 2.05) is 0 Å². The average molecular weight is 277 g/mol. The lowest BCUT2D eigenvalue weighted by Gasteiger charge is -2.24. The first-order valence-corrected chi connectivity index (χ1v) is 5.59. The third kappa shape index (κ3) is 2.42. The molecule has 3 nitrogen and oxygen atoms in total. The fraction of sp³-hybridized carbons (Fsp3) is 0.417. The number of halogens is 4. The SMILES string of the molecule is O=C1NCCc2ccc(C(O)C(F)(F)C(F)F)cc21. The maximum absolute atomic E-state index is 13.1. The first kappa shape index (κ1) is 13.8. The van der Waals surface area contributed by atoms with Gasteiger partial charge >= 0.3 is 12.3 Å². The van der Waals surface area contributed by atoms with Crippen LogP contribution in [-0.2, 0) is 6.42 Å². The quantitative estimate of drug-likeness (QED) is 0.829. The van der Waals surface area contributed by atoms with Crippen LogP contribution >= 0.6 is 0 Å². The molecule has 104 valence electrons. The monoisotopic (exact) mass is 277 g/mol. The van der Waals surface area contributed by atoms with E-state index in [0.717, 1.165) is 12.1 Å². The number of aliphatic hydroxyl groups excluding tert-OH is 1. The molecule has 0 saturated carbocycles. The molecule has 1 unspecified atom stereocenters. The second-order valence-electron chi connectivity index (χ2n) is 4.30. The van der Waals surface area contributed by atoms with Gasteiger partial charge in [-0.05, 0) is 23.6 Å². The Morgan fingerprint density at radius 2 is 2.00 bits per heavy atom. The molecule has 1 aliphatic rings. The van der Waals surface area contributed by atoms with Crippen molar-refractivity contribution in [3.63, 3.8) is 0 Å². The lowest BCUT2D eigenvalue weighted by Crippen LogP contribution is -2.35. The van der Waals surface area contributed by atoms with E-state index in [1.165, 1.54) is 6.07 Å². The van der Waals surface area contributed by atoms with E-state index in [-0.39, 0.29) is 5.56 Å². The highest BCUT2D eigenvalue weighted by Gasteiger charge is 2.49. The van der Waals surface area contributed by atoms with Crippen molar-refractivity contribution in [3.05, 3.63) is 34.9 Å². The second-order valence-corrected chi connectivity index (χ2v) is 4.30. The first-order chi connectivity index (χ1) is 8.84. The molecule has 0 bridgehead atoms. The molecule has 1 aromatic rings. The Morgan fingerprint density at radius 1 is 1.32 bits per heavy atom. The Hall–Kier alpha value is -1.63. The van der Waals surface area contributed by atoms with Gasteiger partial charge in [-0.2, -0.15) is 8.78 Å². The summed E-state index contributed by atoms with van der Waals surface area (Å²) >= 11 is 0. The maximum Gasteiger partial charge on any atom is 0.336 e. The van der Waals surface area contributed by atoms with Crippen molar-refractivity contribution in [2.45, 2.75) is 24.9 Å². The Labute approximate surface area is 106 Å². The number of amides is 1. The molecule has 0 fully saturated rings. The van der Waals surface area contributed by atoms with E-state index in [4.69, 9.17) is 0 Å². The highest BCUT2D eigenvalue weighted by Crippen LogP contribution is 2.37. The van der Waals surface area contributed by atoms with Crippen molar-refractivity contribution >= 4 is 5.91 Å². The van der Waals surface area contributed by atoms with Gasteiger partial charge < -0.3 is 10.4 Å². The van der Waals surface area contributed by atoms with Crippen LogP contribution in [0.25, 0.3) is 0 Å². The largest absolute Gasteiger partial charge is 0.382 e. The predicted octanol–water partition coefficient (Wildman–Crippen LogP) is 1.91. The summed E-state index contributed by atoms with van der Waals surface area (Å²) in [4.78, 5) is 11.5. The van der Waals surface area contributed by atoms with Gasteiger partial charge in [0.1, 0.15) is 6.10 Å². The molecule has 1 atom stereocenters. The molecule has 1 aliphatic heterocycles. The number of carbonyl (C=O) groups is 1. The molecule has 2 rings (SSSR count). The van der Waals surface area contributed by atoms with Gasteiger partial charge in [0.05, 0.1) is 0 Å². The third-order valence-electron chi connectivity index (χ3n) is 3.03. The van der Waals surface area contributed by atoms with E-state index in [2.05, 4.69) is 5.32 Å². The third-order valence-corrected chi connectivity index (χ3v) is 3.03. The Balaban J connectivity index is 2.37. The van der Waals surface area contributed by atoms with Crippen LogP contribution in [0.15, 0.2) is 18.2 Å². The minimum Gasteiger partial charge on any atom is -0.382 e. The smallest absolute Gasteiger partial charge is 0.336 e. The number of rotatable bonds is 3. The zero-order valence-electron chi connectivity index (χ0n) is 9.67. The number of benzene rings is 1. The van der Waals surface area contributed by atoms with Crippen LogP contribution in [0.4, 0.5) is 17.6 Å². The van der Waals surface area contributed by atoms with Crippen LogP contribution in [-0.4, -0.2) is 29.9 Å². The number of alkyl halides is 4. The highest BCUT2D eigenvalue weighted by atomic mass is 19.3. The molecule has 0 radical (unpaired) electrons. The van der Waals surface area contributed by atoms with Gasteiger partial charge in [-0.15, -0.1) is 0 Å². The topological polar surface area (TPSA) is 49.3 Å². The van der Waals surface area contributed by atoms with Crippen molar-refractivity contribution in [2.24, 2.45) is 0 Å². The lowest BCUT2D eigenvalue weighted by molar-refractivity contribution is -0.193. The van der Waals surface area contributed by atoms with E-state index in [1.54, 1.807) is 0 Å². The van der Waals surface area contributed by atoms with Gasteiger partial charge in [-0.3, -0.25) is 4.79 Å². The molecule has 7 heteroatoms. The van der Waals surface area contributed by atoms with Crippen molar-refractivity contribution < 1.29 is 27.5 Å². The van der Waals surface area contributed by atoms with E-state index in [9.17, 15) is 27.5 Å². The maximum atomic E-state index is 13.1. The molecule has 0 saturated heterocycles. The molecule has 2 N–H and O–H groups in total. The van der Waals surface area contributed by atoms with E-state index >= 15 is 0 Å². The summed E-state index contributed by atoms with van der Waals surface area (Å²) in [7, 11) is 0. The molecule has 1 aromatic carbocycles. The summed E-state index contributed by atoms with van der Waals surface area (Å²) in [5, 5.41) is 11.9. The normalized spacial score (nSPS) is 17.1. The second kappa shape index (κ2) is 4.80. The Kier molecular flexibility index (Phi) is 3.49. The summed E-state index contributed by atoms with van der Waals surface area (Å²) in [6.07, 6.45) is -6.09. The van der Waals surface area contributed by atoms with Crippen molar-refractivity contribution in [2.75, 3.05) is 6.54 Å². The van der Waals surface area contributed by atoms with Crippen LogP contribution in [0.3, 0.4) is 0 Å². The number of hydrogen-bond acceptors (Lipinski definition) is 2. The van der Waals surface area contributed by atoms with Gasteiger partial charge in [0.25, 0.3) is 5.91 Å². The molecule has 19 heavy (non-hydrogen) atoms. The first-order valence-electron chi connectivity index (χ1n) is 5.59. The molecule has 1 amide bonds. The highest BCUT2D eigenvalue weighted by molar-refractivity contribution is 5.96. The number of carbonyl (C=O) groups excluding carboxylic acids is 1. The fourth-order valence-corrected chi connectivity index (χ4v) is 1.94. The van der Waals surface area contributed by atoms with Crippen molar-refractivity contribution in [3.8, 4) is 0 Å². The van der Waals surface area contributed by atoms with Gasteiger partial charge in [-0.25, -0.2) is 8.78 Å². The summed E-state index contributed by atoms with van der Waals surface area (Å²) in [5.41, 5.74) is 0.369. The molecule has 1 heterocycles. The lowest BCUT2D eigenvalue weighted by atomic mass is 9.94. The molecule has 0 spiro atoms. The molecular formula is C12H11F4NO2. The van der Waals surface area contributed by atoms with E-state index in [0.29, 0.717) is 18.5 Å². The Bertz CT molecular complexity index is 505. The average Bonchev–Trinajstić information content (AvgIpc) is 2.37. The van der Waals surface area contributed by atoms with Crippen molar-refractivity contribution in [1.29, 1.82) is 0 Å². The fourth-order valence-electron chi connectivity index (χ4n) is 1.94. The molecule has 0 aliphatic carbocycles. The van der Waals surface area contributed by atoms with Crippen LogP contribution in [0.5, 0.6) is 0 Å². The minimum atomic E-state index is -4.56. The van der Waals surface area contributed by atoms with Crippen LogP contribution < -0.4 is 5.32 Å². The zero-order valence-corrected chi connectivity index (χ0v) is 9.67. The predicted molar refractivity (Wildman–Crippen MR) is 58.4 cm³/mol. The summed E-state index contributed by atoms with van der Waals surface area (Å²) in [5.74, 6) is -5.02. The number of nitrogens with one attached hydrogen (secondary N) is 1. The van der Waals surface area contributed by atoms with Gasteiger partial charge in [0.15, 0.2) is 0 Å². The van der Waals surface area contributed by atoms with Crippen LogP contribution in [0.1, 0.15) is 27.6 Å². The number of aliphatic hydroxyl groups is 1. The van der Waals surface area contributed by atoms with Crippen LogP contribution in [0, 0.1) is 0 Å². The number of hydrogen-bond donors (Lipinski definition) is 2. The van der Waals surface area contributed by atoms with Gasteiger partial charge in [-0.1, -0.05) is 12.1 Å². The van der Waals surface area contributed by atoms with E-state index < -0.39 is 29.9 Å². The van der Waals surface area contributed by atoms with Crippen molar-refractivity contribution in [1.82, 2.24) is 5.32 Å². The summed E-state index contributed by atoms with van der Waals surface area (Å²) in [6, 6.07) is 3.57. The number of fused-ring (bicyclic) bond motifs is 1. The van der Waals surface area contributed by atoms with Gasteiger partial charge in [0.2, 0.25) is 0 Å². The molecule has 0 aromatic heterocycles. The minimum absolute atomic E-state index is 0.132. The Morgan fingerprint density at radius 3 is 2.63 bits per heavy atom. The summed E-state index contributed by atoms with van der Waals surface area (Å²) in [6.45, 7) is 0.431. The van der Waals surface area contributed by atoms with Gasteiger partial charge in [0, 0.05) is 12.1 Å². The standard InChI is InChI=1S/C12H11F4NO2/c13-11(14)12(15,16)9(18)7-2-1-6-3-4-17-10(19)8(6)5-7/h1-2,5,9,11,18H,3-4H2,(H,17,19). The molecular weight excluding hydrogens is 266 g/mol. The summed E-state index contributed by atoms with van der Waals surface area (Å²) < 4.78 is 50.5. The zero-order chi connectivity index (χ0) is 14.2.